The summed E-state index contributed by atoms with van der Waals surface area (Å²) in [5.41, 5.74) is 2.37. The Balaban J connectivity index is 1.55. The molecule has 5 heteroatoms. The third kappa shape index (κ3) is 3.72. The van der Waals surface area contributed by atoms with Gasteiger partial charge in [0.1, 0.15) is 6.54 Å². The quantitative estimate of drug-likeness (QED) is 0.881. The van der Waals surface area contributed by atoms with Crippen LogP contribution in [0.25, 0.3) is 0 Å². The average molecular weight is 316 g/mol. The van der Waals surface area contributed by atoms with Gasteiger partial charge in [-0.1, -0.05) is 41.7 Å². The molecule has 1 atom stereocenters. The molecule has 116 valence electrons. The molecule has 1 unspecified atom stereocenters. The fraction of sp³-hybridized carbons (Fsp3) is 0.412. The highest BCUT2D eigenvalue weighted by Crippen LogP contribution is 2.24. The Labute approximate surface area is 135 Å². The predicted octanol–water partition coefficient (Wildman–Crippen LogP) is 1.68. The molecule has 4 nitrogen and oxygen atoms in total. The maximum Gasteiger partial charge on any atom is 0.226 e. The summed E-state index contributed by atoms with van der Waals surface area (Å²) in [6.07, 6.45) is 2.29. The number of rotatable bonds is 5. The maximum atomic E-state index is 12.1. The first-order valence-corrected chi connectivity index (χ1v) is 8.72. The van der Waals surface area contributed by atoms with Crippen molar-refractivity contribution in [1.29, 1.82) is 0 Å². The van der Waals surface area contributed by atoms with Gasteiger partial charge in [0.25, 0.3) is 0 Å². The number of nitrogens with one attached hydrogen (secondary N) is 2. The fourth-order valence-corrected chi connectivity index (χ4v) is 3.86. The number of quaternary nitrogens is 1. The zero-order valence-corrected chi connectivity index (χ0v) is 13.7. The van der Waals surface area contributed by atoms with Crippen molar-refractivity contribution in [3.63, 3.8) is 0 Å². The number of likely N-dealkylation sites (N-methyl/N-ethyl adjacent to an activating group) is 1. The highest BCUT2D eigenvalue weighted by Gasteiger charge is 2.22. The molecule has 1 aliphatic heterocycles. The number of carbonyl (C=O) groups excluding carboxylic acids is 1. The van der Waals surface area contributed by atoms with E-state index in [1.807, 2.05) is 18.2 Å². The number of benzene rings is 1. The monoisotopic (exact) mass is 316 g/mol. The summed E-state index contributed by atoms with van der Waals surface area (Å²) < 4.78 is 0. The minimum Gasteiger partial charge on any atom is -0.330 e. The summed E-state index contributed by atoms with van der Waals surface area (Å²) in [4.78, 5) is 19.6. The molecule has 1 amide bonds. The molecular formula is C17H22N3OS+. The Kier molecular flexibility index (Phi) is 4.85. The van der Waals surface area contributed by atoms with Gasteiger partial charge < -0.3 is 10.2 Å². The van der Waals surface area contributed by atoms with Gasteiger partial charge in [0.2, 0.25) is 5.91 Å². The summed E-state index contributed by atoms with van der Waals surface area (Å²) >= 11 is 1.64. The van der Waals surface area contributed by atoms with Gasteiger partial charge in [-0.25, -0.2) is 4.98 Å². The number of amides is 1. The summed E-state index contributed by atoms with van der Waals surface area (Å²) in [7, 11) is 0. The lowest BCUT2D eigenvalue weighted by atomic mass is 10.1. The van der Waals surface area contributed by atoms with Gasteiger partial charge in [-0.2, -0.15) is 0 Å². The number of thiazole rings is 1. The number of hydrogen-bond acceptors (Lipinski definition) is 3. The van der Waals surface area contributed by atoms with Gasteiger partial charge in [0, 0.05) is 12.8 Å². The lowest BCUT2D eigenvalue weighted by Crippen LogP contribution is -3.11. The molecule has 2 aromatic rings. The molecule has 0 saturated heterocycles. The molecule has 2 heterocycles. The summed E-state index contributed by atoms with van der Waals surface area (Å²) in [6, 6.07) is 10.1. The van der Waals surface area contributed by atoms with Gasteiger partial charge in [-0.3, -0.25) is 4.79 Å². The summed E-state index contributed by atoms with van der Waals surface area (Å²) in [5.74, 6) is 0.0506. The van der Waals surface area contributed by atoms with E-state index < -0.39 is 0 Å². The molecule has 0 radical (unpaired) electrons. The Morgan fingerprint density at radius 2 is 2.18 bits per heavy atom. The number of aromatic nitrogens is 1. The van der Waals surface area contributed by atoms with Crippen LogP contribution in [0.4, 0.5) is 5.13 Å². The van der Waals surface area contributed by atoms with Crippen LogP contribution in [-0.4, -0.2) is 24.0 Å². The predicted molar refractivity (Wildman–Crippen MR) is 89.3 cm³/mol. The third-order valence-corrected chi connectivity index (χ3v) is 5.15. The van der Waals surface area contributed by atoms with Crippen molar-refractivity contribution in [2.24, 2.45) is 0 Å². The minimum atomic E-state index is 0.0506. The molecule has 22 heavy (non-hydrogen) atoms. The topological polar surface area (TPSA) is 46.4 Å². The van der Waals surface area contributed by atoms with Gasteiger partial charge in [-0.15, -0.1) is 0 Å². The second kappa shape index (κ2) is 7.03. The van der Waals surface area contributed by atoms with Crippen LogP contribution in [0.15, 0.2) is 30.3 Å². The van der Waals surface area contributed by atoms with E-state index in [2.05, 4.69) is 29.4 Å². The normalized spacial score (nSPS) is 17.0. The van der Waals surface area contributed by atoms with E-state index in [9.17, 15) is 4.79 Å². The lowest BCUT2D eigenvalue weighted by Gasteiger charge is -2.20. The molecule has 1 aromatic heterocycles. The van der Waals surface area contributed by atoms with Crippen molar-refractivity contribution < 1.29 is 9.69 Å². The highest BCUT2D eigenvalue weighted by molar-refractivity contribution is 7.15. The molecule has 0 fully saturated rings. The van der Waals surface area contributed by atoms with Crippen molar-refractivity contribution in [1.82, 2.24) is 4.98 Å². The van der Waals surface area contributed by atoms with Gasteiger partial charge in [0.15, 0.2) is 5.13 Å². The van der Waals surface area contributed by atoms with E-state index in [-0.39, 0.29) is 5.91 Å². The Morgan fingerprint density at radius 1 is 1.36 bits per heavy atom. The van der Waals surface area contributed by atoms with Crippen LogP contribution in [0.1, 0.15) is 29.5 Å². The molecule has 1 aromatic carbocycles. The molecule has 0 saturated carbocycles. The maximum absolute atomic E-state index is 12.1. The van der Waals surface area contributed by atoms with Crippen molar-refractivity contribution in [2.45, 2.75) is 32.7 Å². The van der Waals surface area contributed by atoms with E-state index in [0.717, 1.165) is 37.6 Å². The first-order valence-electron chi connectivity index (χ1n) is 7.90. The zero-order chi connectivity index (χ0) is 15.4. The Morgan fingerprint density at radius 3 is 2.95 bits per heavy atom. The van der Waals surface area contributed by atoms with Crippen LogP contribution < -0.4 is 10.2 Å². The van der Waals surface area contributed by atoms with Crippen LogP contribution >= 0.6 is 11.3 Å². The van der Waals surface area contributed by atoms with E-state index >= 15 is 0 Å². The second-order valence-corrected chi connectivity index (χ2v) is 6.79. The van der Waals surface area contributed by atoms with Gasteiger partial charge >= 0.3 is 0 Å². The van der Waals surface area contributed by atoms with Crippen LogP contribution in [0.3, 0.4) is 0 Å². The van der Waals surface area contributed by atoms with Crippen molar-refractivity contribution in [2.75, 3.05) is 18.4 Å². The van der Waals surface area contributed by atoms with E-state index in [1.165, 1.54) is 16.1 Å². The lowest BCUT2D eigenvalue weighted by molar-refractivity contribution is -0.913. The first kappa shape index (κ1) is 15.2. The fourth-order valence-electron chi connectivity index (χ4n) is 2.77. The van der Waals surface area contributed by atoms with E-state index in [0.29, 0.717) is 6.42 Å². The summed E-state index contributed by atoms with van der Waals surface area (Å²) in [5, 5.41) is 3.73. The summed E-state index contributed by atoms with van der Waals surface area (Å²) in [6.45, 7) is 5.56. The van der Waals surface area contributed by atoms with Crippen LogP contribution in [-0.2, 0) is 24.2 Å². The number of carbonyl (C=O) groups is 1. The third-order valence-electron chi connectivity index (χ3n) is 4.13. The molecule has 0 bridgehead atoms. The molecule has 1 aliphatic rings. The van der Waals surface area contributed by atoms with Crippen LogP contribution in [0, 0.1) is 0 Å². The number of aryl methyl sites for hydroxylation is 1. The number of hydrogen-bond donors (Lipinski definition) is 2. The van der Waals surface area contributed by atoms with Crippen LogP contribution in [0.2, 0.25) is 0 Å². The smallest absolute Gasteiger partial charge is 0.226 e. The molecule has 2 N–H and O–H groups in total. The highest BCUT2D eigenvalue weighted by atomic mass is 32.1. The van der Waals surface area contributed by atoms with Crippen molar-refractivity contribution in [3.8, 4) is 0 Å². The standard InChI is InChI=1S/C17H21N3OS/c1-2-20-11-10-14-15(12-20)22-17(18-14)19-16(21)9-8-13-6-4-3-5-7-13/h3-7H,2,8-12H2,1H3,(H,18,19,21)/p+1. The number of fused-ring (bicyclic) bond motifs is 1. The number of anilines is 1. The van der Waals surface area contributed by atoms with Crippen molar-refractivity contribution >= 4 is 22.4 Å². The van der Waals surface area contributed by atoms with E-state index in [4.69, 9.17) is 0 Å². The number of nitrogens with zero attached hydrogens (tertiary/aromatic N) is 1. The average Bonchev–Trinajstić information content (AvgIpc) is 2.95. The Bertz CT molecular complexity index is 639. The molecular weight excluding hydrogens is 294 g/mol. The largest absolute Gasteiger partial charge is 0.330 e. The SMILES string of the molecule is CC[NH+]1CCc2nc(NC(=O)CCc3ccccc3)sc2C1. The Hall–Kier alpha value is -1.72. The molecule has 0 spiro atoms. The van der Waals surface area contributed by atoms with Gasteiger partial charge in [0.05, 0.1) is 23.7 Å². The van der Waals surface area contributed by atoms with Gasteiger partial charge in [-0.05, 0) is 18.9 Å². The zero-order valence-electron chi connectivity index (χ0n) is 12.9. The molecule has 3 rings (SSSR count). The second-order valence-electron chi connectivity index (χ2n) is 5.70. The molecule has 0 aliphatic carbocycles. The van der Waals surface area contributed by atoms with Crippen LogP contribution in [0.5, 0.6) is 0 Å². The van der Waals surface area contributed by atoms with E-state index in [1.54, 1.807) is 16.2 Å². The van der Waals surface area contributed by atoms with Crippen molar-refractivity contribution in [3.05, 3.63) is 46.5 Å². The first-order chi connectivity index (χ1) is 10.7. The minimum absolute atomic E-state index is 0.0506.